The predicted octanol–water partition coefficient (Wildman–Crippen LogP) is 1.45. The van der Waals surface area contributed by atoms with Gasteiger partial charge in [-0.25, -0.2) is 0 Å². The van der Waals surface area contributed by atoms with Gasteiger partial charge in [0.05, 0.1) is 0 Å². The van der Waals surface area contributed by atoms with Crippen molar-refractivity contribution in [1.82, 2.24) is 0 Å². The molecule has 0 atom stereocenters. The molecule has 0 fully saturated rings. The highest BCUT2D eigenvalue weighted by Gasteiger charge is 1.72. The van der Waals surface area contributed by atoms with Gasteiger partial charge in [0, 0.05) is 19.5 Å². The van der Waals surface area contributed by atoms with E-state index in [1.54, 1.807) is 0 Å². The first kappa shape index (κ1) is 15.4. The summed E-state index contributed by atoms with van der Waals surface area (Å²) < 4.78 is 0. The zero-order valence-electron chi connectivity index (χ0n) is 8.68. The van der Waals surface area contributed by atoms with Crippen LogP contribution in [0, 0.1) is 0 Å². The highest BCUT2D eigenvalue weighted by atomic mass is 16.4. The number of rotatable bonds is 0. The summed E-state index contributed by atoms with van der Waals surface area (Å²) in [6.07, 6.45) is 0. The van der Waals surface area contributed by atoms with Gasteiger partial charge in [-0.05, 0) is 12.1 Å². The maximum Gasteiger partial charge on any atom is 0.300 e. The average Bonchev–Trinajstić information content (AvgIpc) is 2.03. The number of hydrogen-bond acceptors (Lipinski definition) is 3. The van der Waals surface area contributed by atoms with E-state index < -0.39 is 11.9 Å². The van der Waals surface area contributed by atoms with Crippen LogP contribution in [0.4, 0.5) is 5.69 Å². The summed E-state index contributed by atoms with van der Waals surface area (Å²) in [5.41, 5.74) is 6.18. The summed E-state index contributed by atoms with van der Waals surface area (Å²) in [5.74, 6) is -1.67. The van der Waals surface area contributed by atoms with Gasteiger partial charge >= 0.3 is 0 Å². The lowest BCUT2D eigenvalue weighted by atomic mass is 10.3. The van der Waals surface area contributed by atoms with Crippen LogP contribution in [0.1, 0.15) is 13.8 Å². The standard InChI is InChI=1S/C6H7N.2C2H4O2/c7-6-4-2-1-3-5-6;2*1-2(3)4/h1-5H,7H2;2*1H3,(H,3,4). The molecule has 0 saturated carbocycles. The van der Waals surface area contributed by atoms with Crippen molar-refractivity contribution in [2.45, 2.75) is 13.8 Å². The average molecular weight is 213 g/mol. The van der Waals surface area contributed by atoms with Gasteiger partial charge in [0.25, 0.3) is 11.9 Å². The number of hydrogen-bond donors (Lipinski definition) is 3. The highest BCUT2D eigenvalue weighted by Crippen LogP contribution is 1.95. The first-order chi connectivity index (χ1) is 6.86. The van der Waals surface area contributed by atoms with E-state index in [2.05, 4.69) is 0 Å². The highest BCUT2D eigenvalue weighted by molar-refractivity contribution is 5.63. The Labute approximate surface area is 88.2 Å². The third kappa shape index (κ3) is 33.4. The van der Waals surface area contributed by atoms with E-state index in [0.29, 0.717) is 0 Å². The van der Waals surface area contributed by atoms with Gasteiger partial charge < -0.3 is 15.9 Å². The van der Waals surface area contributed by atoms with Crippen molar-refractivity contribution in [3.8, 4) is 0 Å². The number of benzene rings is 1. The Morgan fingerprint density at radius 1 is 1.00 bits per heavy atom. The zero-order chi connectivity index (χ0) is 12.3. The fourth-order valence-electron chi connectivity index (χ4n) is 0.453. The number of carboxylic acid groups (broad SMARTS) is 2. The number of nitrogen functional groups attached to an aromatic ring is 1. The number of aliphatic carboxylic acids is 2. The Kier molecular flexibility index (Phi) is 10.3. The Morgan fingerprint density at radius 2 is 1.27 bits per heavy atom. The van der Waals surface area contributed by atoms with E-state index in [-0.39, 0.29) is 0 Å². The molecule has 5 heteroatoms. The van der Waals surface area contributed by atoms with Crippen LogP contribution in [0.3, 0.4) is 0 Å². The summed E-state index contributed by atoms with van der Waals surface area (Å²) >= 11 is 0. The third-order valence-electron chi connectivity index (χ3n) is 0.800. The monoisotopic (exact) mass is 213 g/mol. The Balaban J connectivity index is 0. The third-order valence-corrected chi connectivity index (χ3v) is 0.800. The molecule has 1 aromatic rings. The fourth-order valence-corrected chi connectivity index (χ4v) is 0.453. The lowest BCUT2D eigenvalue weighted by molar-refractivity contribution is -0.135. The second-order valence-corrected chi connectivity index (χ2v) is 2.45. The zero-order valence-corrected chi connectivity index (χ0v) is 8.68. The maximum absolute atomic E-state index is 9.00. The van der Waals surface area contributed by atoms with E-state index in [4.69, 9.17) is 25.5 Å². The fraction of sp³-hybridized carbons (Fsp3) is 0.200. The topological polar surface area (TPSA) is 101 Å². The van der Waals surface area contributed by atoms with Crippen molar-refractivity contribution in [3.63, 3.8) is 0 Å². The van der Waals surface area contributed by atoms with Crippen LogP contribution < -0.4 is 5.73 Å². The quantitative estimate of drug-likeness (QED) is 0.566. The molecule has 4 N–H and O–H groups in total. The van der Waals surface area contributed by atoms with E-state index in [0.717, 1.165) is 19.5 Å². The van der Waals surface area contributed by atoms with Crippen LogP contribution in [0.25, 0.3) is 0 Å². The summed E-state index contributed by atoms with van der Waals surface area (Å²) in [4.78, 5) is 18.0. The Hall–Kier alpha value is -2.04. The molecular weight excluding hydrogens is 198 g/mol. The normalized spacial score (nSPS) is 7.33. The molecule has 15 heavy (non-hydrogen) atoms. The van der Waals surface area contributed by atoms with Gasteiger partial charge in [0.15, 0.2) is 0 Å². The Bertz CT molecular complexity index is 265. The molecule has 0 radical (unpaired) electrons. The van der Waals surface area contributed by atoms with Gasteiger partial charge in [-0.1, -0.05) is 18.2 Å². The lowest BCUT2D eigenvalue weighted by Gasteiger charge is -1.83. The van der Waals surface area contributed by atoms with Crippen LogP contribution in [0.15, 0.2) is 30.3 Å². The number of para-hydroxylation sites is 1. The largest absolute Gasteiger partial charge is 0.481 e. The molecule has 0 amide bonds. The minimum atomic E-state index is -0.833. The van der Waals surface area contributed by atoms with Crippen molar-refractivity contribution in [3.05, 3.63) is 30.3 Å². The summed E-state index contributed by atoms with van der Waals surface area (Å²) in [7, 11) is 0. The SMILES string of the molecule is CC(=O)O.CC(=O)O.Nc1ccccc1. The Morgan fingerprint density at radius 3 is 1.40 bits per heavy atom. The predicted molar refractivity (Wildman–Crippen MR) is 57.5 cm³/mol. The molecule has 0 unspecified atom stereocenters. The van der Waals surface area contributed by atoms with Crippen LogP contribution in [-0.2, 0) is 9.59 Å². The van der Waals surface area contributed by atoms with Gasteiger partial charge in [0.2, 0.25) is 0 Å². The van der Waals surface area contributed by atoms with Crippen LogP contribution in [0.5, 0.6) is 0 Å². The van der Waals surface area contributed by atoms with E-state index in [1.807, 2.05) is 30.3 Å². The van der Waals surface area contributed by atoms with Gasteiger partial charge in [0.1, 0.15) is 0 Å². The van der Waals surface area contributed by atoms with Crippen molar-refractivity contribution < 1.29 is 19.8 Å². The second kappa shape index (κ2) is 10.0. The van der Waals surface area contributed by atoms with Gasteiger partial charge in [-0.3, -0.25) is 9.59 Å². The van der Waals surface area contributed by atoms with E-state index in [9.17, 15) is 0 Å². The summed E-state index contributed by atoms with van der Waals surface area (Å²) in [6, 6.07) is 9.49. The second-order valence-electron chi connectivity index (χ2n) is 2.45. The minimum absolute atomic E-state index is 0.822. The first-order valence-electron chi connectivity index (χ1n) is 4.05. The van der Waals surface area contributed by atoms with E-state index in [1.165, 1.54) is 0 Å². The van der Waals surface area contributed by atoms with Crippen LogP contribution in [0.2, 0.25) is 0 Å². The number of nitrogens with two attached hydrogens (primary N) is 1. The molecule has 0 spiro atoms. The molecule has 0 saturated heterocycles. The lowest BCUT2D eigenvalue weighted by Crippen LogP contribution is -1.79. The number of anilines is 1. The molecule has 84 valence electrons. The number of carbonyl (C=O) groups is 2. The van der Waals surface area contributed by atoms with Gasteiger partial charge in [-0.15, -0.1) is 0 Å². The molecule has 0 aliphatic heterocycles. The van der Waals surface area contributed by atoms with Crippen LogP contribution >= 0.6 is 0 Å². The number of carboxylic acids is 2. The molecule has 0 aromatic heterocycles. The van der Waals surface area contributed by atoms with Crippen molar-refractivity contribution in [2.75, 3.05) is 5.73 Å². The smallest absolute Gasteiger partial charge is 0.300 e. The van der Waals surface area contributed by atoms with Crippen molar-refractivity contribution in [2.24, 2.45) is 0 Å². The molecule has 1 rings (SSSR count). The molecule has 5 nitrogen and oxygen atoms in total. The molecule has 0 aliphatic rings. The molecule has 0 bridgehead atoms. The van der Waals surface area contributed by atoms with Gasteiger partial charge in [-0.2, -0.15) is 0 Å². The summed E-state index contributed by atoms with van der Waals surface area (Å²) in [5, 5.41) is 14.8. The molecular formula is C10H15NO4. The van der Waals surface area contributed by atoms with Crippen molar-refractivity contribution in [1.29, 1.82) is 0 Å². The van der Waals surface area contributed by atoms with Crippen molar-refractivity contribution >= 4 is 17.6 Å². The van der Waals surface area contributed by atoms with E-state index >= 15 is 0 Å². The molecule has 1 aromatic carbocycles. The first-order valence-corrected chi connectivity index (χ1v) is 4.05. The van der Waals surface area contributed by atoms with Crippen LogP contribution in [-0.4, -0.2) is 22.2 Å². The minimum Gasteiger partial charge on any atom is -0.481 e. The molecule has 0 heterocycles. The maximum atomic E-state index is 9.00. The molecule has 0 aliphatic carbocycles. The summed E-state index contributed by atoms with van der Waals surface area (Å²) in [6.45, 7) is 2.17.